The number of likely N-dealkylation sites (tertiary alicyclic amines) is 1. The van der Waals surface area contributed by atoms with Gasteiger partial charge in [0, 0.05) is 19.1 Å². The van der Waals surface area contributed by atoms with Gasteiger partial charge in [0.25, 0.3) is 0 Å². The Kier molecular flexibility index (Phi) is 4.15. The van der Waals surface area contributed by atoms with E-state index in [0.717, 1.165) is 30.2 Å². The van der Waals surface area contributed by atoms with Crippen molar-refractivity contribution in [3.05, 3.63) is 29.8 Å². The highest BCUT2D eigenvalue weighted by atomic mass is 16.5. The molecule has 0 unspecified atom stereocenters. The maximum Gasteiger partial charge on any atom is 0.240 e. The van der Waals surface area contributed by atoms with Gasteiger partial charge >= 0.3 is 0 Å². The molecule has 0 spiro atoms. The van der Waals surface area contributed by atoms with Crippen molar-refractivity contribution in [1.29, 1.82) is 0 Å². The highest BCUT2D eigenvalue weighted by Gasteiger charge is 2.35. The first-order valence-corrected chi connectivity index (χ1v) is 7.85. The number of hydrogen-bond acceptors (Lipinski definition) is 3. The van der Waals surface area contributed by atoms with Crippen LogP contribution in [0.3, 0.4) is 0 Å². The van der Waals surface area contributed by atoms with Gasteiger partial charge in [0.05, 0.1) is 13.2 Å². The van der Waals surface area contributed by atoms with Crippen LogP contribution < -0.4 is 10.1 Å². The van der Waals surface area contributed by atoms with Crippen LogP contribution in [0.2, 0.25) is 0 Å². The minimum Gasteiger partial charge on any atom is -0.497 e. The first-order chi connectivity index (χ1) is 10.2. The lowest BCUT2D eigenvalue weighted by molar-refractivity contribution is -0.130. The molecular weight excluding hydrogens is 264 g/mol. The molecule has 1 aromatic carbocycles. The zero-order chi connectivity index (χ0) is 14.8. The van der Waals surface area contributed by atoms with Crippen LogP contribution in [0.5, 0.6) is 5.75 Å². The van der Waals surface area contributed by atoms with Crippen LogP contribution in [0.1, 0.15) is 31.7 Å². The smallest absolute Gasteiger partial charge is 0.240 e. The third-order valence-electron chi connectivity index (χ3n) is 4.62. The molecule has 0 radical (unpaired) electrons. The SMILES string of the molecule is COc1ccc(CN2CC[C@H](N[C@H](C)C3CC3)C2=O)cc1. The molecule has 4 heteroatoms. The van der Waals surface area contributed by atoms with Crippen molar-refractivity contribution in [1.82, 2.24) is 10.2 Å². The van der Waals surface area contributed by atoms with Crippen LogP contribution in [0.25, 0.3) is 0 Å². The molecule has 1 amide bonds. The Labute approximate surface area is 126 Å². The highest BCUT2D eigenvalue weighted by Crippen LogP contribution is 2.33. The third-order valence-corrected chi connectivity index (χ3v) is 4.62. The normalized spacial score (nSPS) is 23.4. The number of carbonyl (C=O) groups is 1. The van der Waals surface area contributed by atoms with Gasteiger partial charge in [-0.3, -0.25) is 4.79 Å². The molecule has 1 heterocycles. The first-order valence-electron chi connectivity index (χ1n) is 7.85. The number of methoxy groups -OCH3 is 1. The highest BCUT2D eigenvalue weighted by molar-refractivity contribution is 5.84. The summed E-state index contributed by atoms with van der Waals surface area (Å²) >= 11 is 0. The summed E-state index contributed by atoms with van der Waals surface area (Å²) in [5.74, 6) is 1.89. The molecule has 2 fully saturated rings. The van der Waals surface area contributed by atoms with Gasteiger partial charge in [-0.25, -0.2) is 0 Å². The molecular formula is C17H24N2O2. The van der Waals surface area contributed by atoms with Crippen molar-refractivity contribution < 1.29 is 9.53 Å². The van der Waals surface area contributed by atoms with E-state index in [1.54, 1.807) is 7.11 Å². The van der Waals surface area contributed by atoms with Crippen LogP contribution in [0.15, 0.2) is 24.3 Å². The number of benzene rings is 1. The Bertz CT molecular complexity index is 496. The van der Waals surface area contributed by atoms with Gasteiger partial charge in [-0.1, -0.05) is 12.1 Å². The van der Waals surface area contributed by atoms with E-state index in [-0.39, 0.29) is 11.9 Å². The molecule has 1 aliphatic carbocycles. The number of ether oxygens (including phenoxy) is 1. The average molecular weight is 288 g/mol. The maximum atomic E-state index is 12.5. The fourth-order valence-electron chi connectivity index (χ4n) is 3.05. The minimum atomic E-state index is 0.0128. The number of amides is 1. The first kappa shape index (κ1) is 14.4. The van der Waals surface area contributed by atoms with Gasteiger partial charge in [-0.15, -0.1) is 0 Å². The molecule has 0 bridgehead atoms. The summed E-state index contributed by atoms with van der Waals surface area (Å²) in [6, 6.07) is 8.43. The van der Waals surface area contributed by atoms with Crippen molar-refractivity contribution in [3.63, 3.8) is 0 Å². The van der Waals surface area contributed by atoms with Crippen LogP contribution in [0.4, 0.5) is 0 Å². The second-order valence-electron chi connectivity index (χ2n) is 6.24. The van der Waals surface area contributed by atoms with Crippen molar-refractivity contribution in [2.45, 2.75) is 44.8 Å². The summed E-state index contributed by atoms with van der Waals surface area (Å²) in [5, 5.41) is 3.51. The van der Waals surface area contributed by atoms with Gasteiger partial charge in [0.1, 0.15) is 5.75 Å². The Morgan fingerprint density at radius 1 is 1.29 bits per heavy atom. The van der Waals surface area contributed by atoms with Gasteiger partial charge in [0.15, 0.2) is 0 Å². The van der Waals surface area contributed by atoms with Gasteiger partial charge in [0.2, 0.25) is 5.91 Å². The Balaban J connectivity index is 1.55. The van der Waals surface area contributed by atoms with Crippen molar-refractivity contribution in [2.75, 3.05) is 13.7 Å². The van der Waals surface area contributed by atoms with Crippen molar-refractivity contribution in [2.24, 2.45) is 5.92 Å². The largest absolute Gasteiger partial charge is 0.497 e. The quantitative estimate of drug-likeness (QED) is 0.872. The number of nitrogens with one attached hydrogen (secondary N) is 1. The Hall–Kier alpha value is -1.55. The molecule has 21 heavy (non-hydrogen) atoms. The van der Waals surface area contributed by atoms with Crippen molar-refractivity contribution in [3.8, 4) is 5.75 Å². The number of nitrogens with zero attached hydrogens (tertiary/aromatic N) is 1. The molecule has 2 atom stereocenters. The minimum absolute atomic E-state index is 0.0128. The Morgan fingerprint density at radius 3 is 2.62 bits per heavy atom. The van der Waals surface area contributed by atoms with Crippen molar-refractivity contribution >= 4 is 5.91 Å². The molecule has 1 aliphatic heterocycles. The summed E-state index contributed by atoms with van der Waals surface area (Å²) in [5.41, 5.74) is 1.15. The Morgan fingerprint density at radius 2 is 2.00 bits per heavy atom. The van der Waals surface area contributed by atoms with E-state index < -0.39 is 0 Å². The molecule has 1 saturated carbocycles. The fourth-order valence-corrected chi connectivity index (χ4v) is 3.05. The monoisotopic (exact) mass is 288 g/mol. The molecule has 4 nitrogen and oxygen atoms in total. The van der Waals surface area contributed by atoms with Gasteiger partial charge in [-0.05, 0) is 49.8 Å². The number of hydrogen-bond donors (Lipinski definition) is 1. The van der Waals surface area contributed by atoms with E-state index in [2.05, 4.69) is 12.2 Å². The van der Waals surface area contributed by atoms with E-state index >= 15 is 0 Å². The van der Waals surface area contributed by atoms with E-state index in [1.807, 2.05) is 29.2 Å². The lowest BCUT2D eigenvalue weighted by atomic mass is 10.1. The number of rotatable bonds is 6. The second-order valence-corrected chi connectivity index (χ2v) is 6.24. The van der Waals surface area contributed by atoms with E-state index in [9.17, 15) is 4.79 Å². The van der Waals surface area contributed by atoms with Crippen LogP contribution in [0, 0.1) is 5.92 Å². The zero-order valence-electron chi connectivity index (χ0n) is 12.8. The fraction of sp³-hybridized carbons (Fsp3) is 0.588. The summed E-state index contributed by atoms with van der Waals surface area (Å²) in [6.07, 6.45) is 3.54. The zero-order valence-corrected chi connectivity index (χ0v) is 12.8. The standard InChI is InChI=1S/C17H24N2O2/c1-12(14-5-6-14)18-16-9-10-19(17(16)20)11-13-3-7-15(21-2)8-4-13/h3-4,7-8,12,14,16,18H,5-6,9-11H2,1-2H3/t12-,16+/m1/s1. The predicted octanol–water partition coefficient (Wildman–Crippen LogP) is 2.18. The molecule has 1 N–H and O–H groups in total. The van der Waals surface area contributed by atoms with Crippen LogP contribution in [-0.2, 0) is 11.3 Å². The summed E-state index contributed by atoms with van der Waals surface area (Å²) in [7, 11) is 1.66. The molecule has 1 saturated heterocycles. The second kappa shape index (κ2) is 6.06. The topological polar surface area (TPSA) is 41.6 Å². The van der Waals surface area contributed by atoms with E-state index in [1.165, 1.54) is 12.8 Å². The van der Waals surface area contributed by atoms with Crippen LogP contribution in [-0.4, -0.2) is 36.5 Å². The van der Waals surface area contributed by atoms with Gasteiger partial charge in [-0.2, -0.15) is 0 Å². The maximum absolute atomic E-state index is 12.5. The van der Waals surface area contributed by atoms with Crippen LogP contribution >= 0.6 is 0 Å². The van der Waals surface area contributed by atoms with E-state index in [0.29, 0.717) is 12.6 Å². The molecule has 114 valence electrons. The average Bonchev–Trinajstić information content (AvgIpc) is 3.30. The lowest BCUT2D eigenvalue weighted by Gasteiger charge is -2.20. The third kappa shape index (κ3) is 3.38. The predicted molar refractivity (Wildman–Crippen MR) is 82.1 cm³/mol. The summed E-state index contributed by atoms with van der Waals surface area (Å²) in [4.78, 5) is 14.4. The summed E-state index contributed by atoms with van der Waals surface area (Å²) in [6.45, 7) is 3.75. The molecule has 0 aromatic heterocycles. The molecule has 2 aliphatic rings. The van der Waals surface area contributed by atoms with E-state index in [4.69, 9.17) is 4.74 Å². The molecule has 1 aromatic rings. The summed E-state index contributed by atoms with van der Waals surface area (Å²) < 4.78 is 5.16. The lowest BCUT2D eigenvalue weighted by Crippen LogP contribution is -2.43. The van der Waals surface area contributed by atoms with Gasteiger partial charge < -0.3 is 15.0 Å². The number of carbonyl (C=O) groups excluding carboxylic acids is 1. The molecule has 3 rings (SSSR count).